The van der Waals surface area contributed by atoms with Gasteiger partial charge in [0.2, 0.25) is 0 Å². The van der Waals surface area contributed by atoms with Crippen molar-refractivity contribution in [1.82, 2.24) is 0 Å². The molecule has 0 amide bonds. The van der Waals surface area contributed by atoms with Crippen LogP contribution in [0.2, 0.25) is 0 Å². The maximum absolute atomic E-state index is 12.8. The van der Waals surface area contributed by atoms with Gasteiger partial charge in [0, 0.05) is 12.8 Å². The Balaban J connectivity index is 1.59. The standard InChI is InChI=1S/C28H39ClO4/c1-15(2)16(3)24(31)14-18(26(32)33)20-9-8-19-17-6-7-22-25(29)23(30)11-13-28(22,5)21(17)10-12-27(19,20)4/h15,17-21H,3,6-14H2,1-2,4-5H3,(H,32,33)/t17-,18+,19-,20+,21-,27-,28+/m0/s1. The van der Waals surface area contributed by atoms with Crippen LogP contribution in [0.4, 0.5) is 0 Å². The summed E-state index contributed by atoms with van der Waals surface area (Å²) in [5.41, 5.74) is 1.65. The van der Waals surface area contributed by atoms with E-state index in [1.165, 1.54) is 5.57 Å². The number of hydrogen-bond donors (Lipinski definition) is 1. The Morgan fingerprint density at radius 2 is 1.79 bits per heavy atom. The first-order chi connectivity index (χ1) is 15.4. The molecule has 4 aliphatic rings. The molecule has 4 nitrogen and oxygen atoms in total. The Morgan fingerprint density at radius 3 is 2.42 bits per heavy atom. The highest BCUT2D eigenvalue weighted by atomic mass is 35.5. The zero-order valence-corrected chi connectivity index (χ0v) is 21.3. The second-order valence-electron chi connectivity index (χ2n) is 12.0. The van der Waals surface area contributed by atoms with Crippen molar-refractivity contribution in [2.24, 2.45) is 46.3 Å². The molecule has 0 unspecified atom stereocenters. The molecule has 3 fully saturated rings. The molecule has 33 heavy (non-hydrogen) atoms. The Labute approximate surface area is 203 Å². The maximum Gasteiger partial charge on any atom is 0.307 e. The third kappa shape index (κ3) is 3.85. The van der Waals surface area contributed by atoms with E-state index in [0.29, 0.717) is 34.8 Å². The van der Waals surface area contributed by atoms with Gasteiger partial charge in [-0.1, -0.05) is 45.9 Å². The largest absolute Gasteiger partial charge is 0.481 e. The van der Waals surface area contributed by atoms with E-state index in [-0.39, 0.29) is 40.7 Å². The summed E-state index contributed by atoms with van der Waals surface area (Å²) >= 11 is 6.52. The maximum atomic E-state index is 12.8. The van der Waals surface area contributed by atoms with Crippen LogP contribution in [-0.4, -0.2) is 22.6 Å². The summed E-state index contributed by atoms with van der Waals surface area (Å²) in [6, 6.07) is 0. The predicted octanol–water partition coefficient (Wildman–Crippen LogP) is 6.57. The summed E-state index contributed by atoms with van der Waals surface area (Å²) < 4.78 is 0. The molecule has 0 heterocycles. The first-order valence-corrected chi connectivity index (χ1v) is 13.2. The first-order valence-electron chi connectivity index (χ1n) is 12.8. The number of hydrogen-bond acceptors (Lipinski definition) is 3. The van der Waals surface area contributed by atoms with Crippen molar-refractivity contribution in [3.63, 3.8) is 0 Å². The van der Waals surface area contributed by atoms with Crippen LogP contribution in [-0.2, 0) is 14.4 Å². The van der Waals surface area contributed by atoms with Gasteiger partial charge in [-0.25, -0.2) is 0 Å². The first kappa shape index (κ1) is 24.7. The van der Waals surface area contributed by atoms with E-state index in [4.69, 9.17) is 11.6 Å². The summed E-state index contributed by atoms with van der Waals surface area (Å²) in [5.74, 6) is 0.0894. The van der Waals surface area contributed by atoms with Crippen molar-refractivity contribution in [2.45, 2.75) is 85.5 Å². The van der Waals surface area contributed by atoms with Crippen LogP contribution in [0.25, 0.3) is 0 Å². The van der Waals surface area contributed by atoms with Crippen molar-refractivity contribution in [3.05, 3.63) is 22.8 Å². The molecule has 4 aliphatic carbocycles. The molecule has 0 aliphatic heterocycles. The van der Waals surface area contributed by atoms with Crippen LogP contribution in [0.15, 0.2) is 22.8 Å². The summed E-state index contributed by atoms with van der Waals surface area (Å²) in [5, 5.41) is 10.6. The summed E-state index contributed by atoms with van der Waals surface area (Å²) in [6.07, 6.45) is 7.35. The van der Waals surface area contributed by atoms with Crippen LogP contribution in [0, 0.1) is 46.3 Å². The smallest absolute Gasteiger partial charge is 0.307 e. The topological polar surface area (TPSA) is 71.4 Å². The fourth-order valence-electron chi connectivity index (χ4n) is 8.41. The lowest BCUT2D eigenvalue weighted by Crippen LogP contribution is -2.51. The highest BCUT2D eigenvalue weighted by Crippen LogP contribution is 2.68. The molecule has 3 saturated carbocycles. The number of rotatable bonds is 6. The van der Waals surface area contributed by atoms with Gasteiger partial charge in [-0.15, -0.1) is 0 Å². The minimum atomic E-state index is -0.840. The number of carbonyl (C=O) groups is 3. The number of allylic oxidation sites excluding steroid dienone is 2. The number of halogens is 1. The Hall–Kier alpha value is -1.42. The molecule has 4 rings (SSSR count). The van der Waals surface area contributed by atoms with Gasteiger partial charge in [-0.3, -0.25) is 14.4 Å². The van der Waals surface area contributed by atoms with Crippen LogP contribution >= 0.6 is 11.6 Å². The Bertz CT molecular complexity index is 917. The van der Waals surface area contributed by atoms with Gasteiger partial charge in [0.1, 0.15) is 0 Å². The lowest BCUT2D eigenvalue weighted by atomic mass is 9.46. The second-order valence-corrected chi connectivity index (χ2v) is 12.4. The number of carboxylic acids is 1. The zero-order valence-electron chi connectivity index (χ0n) is 20.6. The normalized spacial score (nSPS) is 39.0. The predicted molar refractivity (Wildman–Crippen MR) is 130 cm³/mol. The van der Waals surface area contributed by atoms with Gasteiger partial charge in [-0.05, 0) is 96.5 Å². The third-order valence-electron chi connectivity index (χ3n) is 10.4. The molecule has 0 saturated heterocycles. The third-order valence-corrected chi connectivity index (χ3v) is 10.8. The van der Waals surface area contributed by atoms with Gasteiger partial charge in [0.25, 0.3) is 0 Å². The van der Waals surface area contributed by atoms with Gasteiger partial charge >= 0.3 is 5.97 Å². The molecule has 182 valence electrons. The number of Topliss-reactive ketones (excluding diaryl/α,β-unsaturated/α-hetero) is 2. The highest BCUT2D eigenvalue weighted by molar-refractivity contribution is 6.43. The molecule has 7 atom stereocenters. The van der Waals surface area contributed by atoms with Gasteiger partial charge in [0.05, 0.1) is 11.0 Å². The summed E-state index contributed by atoms with van der Waals surface area (Å²) in [6.45, 7) is 12.4. The van der Waals surface area contributed by atoms with Crippen molar-refractivity contribution < 1.29 is 19.5 Å². The van der Waals surface area contributed by atoms with Crippen molar-refractivity contribution in [1.29, 1.82) is 0 Å². The number of fused-ring (bicyclic) bond motifs is 5. The van der Waals surface area contributed by atoms with Crippen LogP contribution in [0.1, 0.15) is 85.5 Å². The van der Waals surface area contributed by atoms with Crippen molar-refractivity contribution in [3.8, 4) is 0 Å². The minimum Gasteiger partial charge on any atom is -0.481 e. The van der Waals surface area contributed by atoms with Crippen LogP contribution in [0.5, 0.6) is 0 Å². The number of aliphatic carboxylic acids is 1. The van der Waals surface area contributed by atoms with Crippen LogP contribution < -0.4 is 0 Å². The average Bonchev–Trinajstić information content (AvgIpc) is 3.10. The van der Waals surface area contributed by atoms with E-state index < -0.39 is 11.9 Å². The van der Waals surface area contributed by atoms with Crippen molar-refractivity contribution in [2.75, 3.05) is 0 Å². The van der Waals surface area contributed by atoms with Gasteiger partial charge in [0.15, 0.2) is 11.6 Å². The summed E-state index contributed by atoms with van der Waals surface area (Å²) in [7, 11) is 0. The quantitative estimate of drug-likeness (QED) is 0.441. The fraction of sp³-hybridized carbons (Fsp3) is 0.750. The molecule has 5 heteroatoms. The fourth-order valence-corrected chi connectivity index (χ4v) is 8.81. The molecule has 0 aromatic heterocycles. The van der Waals surface area contributed by atoms with Crippen LogP contribution in [0.3, 0.4) is 0 Å². The number of carbonyl (C=O) groups excluding carboxylic acids is 2. The lowest BCUT2D eigenvalue weighted by Gasteiger charge is -2.58. The SMILES string of the molecule is C=C(C(=O)C[C@@H](C(=O)O)[C@H]1CC[C@H]2[C@@H]3CCC4=C(Cl)C(=O)CC[C@]4(C)[C@H]3CC[C@]12C)C(C)C. The molecule has 0 aromatic rings. The summed E-state index contributed by atoms with van der Waals surface area (Å²) in [4.78, 5) is 37.4. The molecular formula is C28H39ClO4. The Kier molecular flexibility index (Phi) is 6.48. The van der Waals surface area contributed by atoms with Gasteiger partial charge < -0.3 is 5.11 Å². The molecule has 0 aromatic carbocycles. The van der Waals surface area contributed by atoms with Gasteiger partial charge in [-0.2, -0.15) is 0 Å². The van der Waals surface area contributed by atoms with E-state index in [1.54, 1.807) is 0 Å². The number of ketones is 2. The highest BCUT2D eigenvalue weighted by Gasteiger charge is 2.61. The van der Waals surface area contributed by atoms with E-state index in [2.05, 4.69) is 20.4 Å². The zero-order chi connectivity index (χ0) is 24.3. The second kappa shape index (κ2) is 8.66. The van der Waals surface area contributed by atoms with E-state index in [9.17, 15) is 19.5 Å². The lowest BCUT2D eigenvalue weighted by molar-refractivity contribution is -0.149. The average molecular weight is 475 g/mol. The molecule has 1 N–H and O–H groups in total. The minimum absolute atomic E-state index is 0.00943. The number of carboxylic acid groups (broad SMARTS) is 1. The molecule has 0 bridgehead atoms. The van der Waals surface area contributed by atoms with E-state index in [0.717, 1.165) is 44.9 Å². The molecular weight excluding hydrogens is 436 g/mol. The van der Waals surface area contributed by atoms with E-state index >= 15 is 0 Å². The Morgan fingerprint density at radius 1 is 1.09 bits per heavy atom. The van der Waals surface area contributed by atoms with E-state index in [1.807, 2.05) is 13.8 Å². The van der Waals surface area contributed by atoms with Crippen molar-refractivity contribution >= 4 is 29.1 Å². The monoisotopic (exact) mass is 474 g/mol. The molecule has 0 spiro atoms. The molecule has 0 radical (unpaired) electrons.